The molecule has 2 aromatic rings. The van der Waals surface area contributed by atoms with Crippen LogP contribution in [0.1, 0.15) is 82.5 Å². The van der Waals surface area contributed by atoms with E-state index >= 15 is 0 Å². The predicted molar refractivity (Wildman–Crippen MR) is 158 cm³/mol. The molecular formula is C31H44N4O6. The van der Waals surface area contributed by atoms with E-state index in [1.807, 2.05) is 32.0 Å². The number of unbranched alkanes of at least 4 members (excludes halogenated alkanes) is 3. The molecule has 10 heteroatoms. The van der Waals surface area contributed by atoms with Gasteiger partial charge in [-0.2, -0.15) is 0 Å². The fourth-order valence-electron chi connectivity index (χ4n) is 4.46. The number of nitrogens with zero attached hydrogens (tertiary/aromatic N) is 1. The van der Waals surface area contributed by atoms with Crippen LogP contribution in [0.5, 0.6) is 5.75 Å². The summed E-state index contributed by atoms with van der Waals surface area (Å²) in [5.41, 5.74) is 7.39. The maximum absolute atomic E-state index is 14.1. The third kappa shape index (κ3) is 10.4. The number of phenols is 1. The molecule has 0 saturated heterocycles. The normalized spacial score (nSPS) is 12.6. The van der Waals surface area contributed by atoms with Crippen molar-refractivity contribution in [1.29, 1.82) is 0 Å². The molecule has 224 valence electrons. The Morgan fingerprint density at radius 1 is 0.976 bits per heavy atom. The molecule has 0 heterocycles. The molecule has 2 atom stereocenters. The number of carbonyl (C=O) groups is 4. The second-order valence-electron chi connectivity index (χ2n) is 11.2. The summed E-state index contributed by atoms with van der Waals surface area (Å²) < 4.78 is 5.32. The van der Waals surface area contributed by atoms with Crippen LogP contribution in [-0.2, 0) is 19.1 Å². The zero-order valence-corrected chi connectivity index (χ0v) is 25.0. The number of aromatic hydroxyl groups is 1. The van der Waals surface area contributed by atoms with Gasteiger partial charge in [-0.3, -0.25) is 14.4 Å². The molecule has 2 rings (SSSR count). The number of phenolic OH excluding ortho intramolecular Hbond substituents is 1. The van der Waals surface area contributed by atoms with E-state index in [0.717, 1.165) is 30.4 Å². The first kappa shape index (κ1) is 33.1. The molecule has 0 saturated carbocycles. The fourth-order valence-corrected chi connectivity index (χ4v) is 4.46. The van der Waals surface area contributed by atoms with Crippen molar-refractivity contribution in [3.8, 4) is 5.75 Å². The number of amides is 4. The van der Waals surface area contributed by atoms with Crippen LogP contribution in [0.3, 0.4) is 0 Å². The fraction of sp³-hybridized carbons (Fsp3) is 0.484. The van der Waals surface area contributed by atoms with Gasteiger partial charge in [-0.15, -0.1) is 0 Å². The smallest absolute Gasteiger partial charge is 0.408 e. The second-order valence-corrected chi connectivity index (χ2v) is 11.2. The summed E-state index contributed by atoms with van der Waals surface area (Å²) in [6, 6.07) is 9.15. The Morgan fingerprint density at radius 3 is 2.12 bits per heavy atom. The van der Waals surface area contributed by atoms with Gasteiger partial charge in [0.15, 0.2) is 0 Å². The van der Waals surface area contributed by atoms with Gasteiger partial charge in [0.25, 0.3) is 5.91 Å². The van der Waals surface area contributed by atoms with Gasteiger partial charge in [0.1, 0.15) is 23.4 Å². The van der Waals surface area contributed by atoms with Crippen molar-refractivity contribution in [3.63, 3.8) is 0 Å². The van der Waals surface area contributed by atoms with Crippen molar-refractivity contribution in [3.05, 3.63) is 59.2 Å². The van der Waals surface area contributed by atoms with Crippen LogP contribution in [0.4, 0.5) is 10.5 Å². The zero-order valence-electron chi connectivity index (χ0n) is 25.0. The highest BCUT2D eigenvalue weighted by molar-refractivity contribution is 6.00. The Bertz CT molecular complexity index is 1190. The van der Waals surface area contributed by atoms with Crippen molar-refractivity contribution in [2.75, 3.05) is 11.9 Å². The number of rotatable bonds is 13. The number of hydrogen-bond donors (Lipinski definition) is 4. The van der Waals surface area contributed by atoms with Crippen molar-refractivity contribution < 1.29 is 29.0 Å². The van der Waals surface area contributed by atoms with Gasteiger partial charge in [0.2, 0.25) is 11.8 Å². The Labute approximate surface area is 242 Å². The molecule has 4 amide bonds. The van der Waals surface area contributed by atoms with Crippen LogP contribution in [0.2, 0.25) is 0 Å². The molecule has 0 aliphatic rings. The SMILES string of the molecule is CCCCCCN(C(=O)C(CC(N)=O)NC(=O)OC(C)(C)C)C(C(=O)Nc1c(C)cccc1C)c1ccc(O)cc1. The highest BCUT2D eigenvalue weighted by atomic mass is 16.6. The molecule has 2 unspecified atom stereocenters. The molecule has 41 heavy (non-hydrogen) atoms. The Kier molecular flexibility index (Phi) is 12.2. The number of alkyl carbamates (subject to hydrolysis) is 1. The number of carbonyl (C=O) groups excluding carboxylic acids is 4. The number of para-hydroxylation sites is 1. The Morgan fingerprint density at radius 2 is 1.59 bits per heavy atom. The molecule has 5 N–H and O–H groups in total. The summed E-state index contributed by atoms with van der Waals surface area (Å²) in [5, 5.41) is 15.4. The van der Waals surface area contributed by atoms with Crippen LogP contribution >= 0.6 is 0 Å². The molecule has 0 aliphatic heterocycles. The van der Waals surface area contributed by atoms with Gasteiger partial charge in [-0.25, -0.2) is 4.79 Å². The number of hydrogen-bond acceptors (Lipinski definition) is 6. The minimum Gasteiger partial charge on any atom is -0.508 e. The third-order valence-electron chi connectivity index (χ3n) is 6.43. The minimum absolute atomic E-state index is 0.00155. The van der Waals surface area contributed by atoms with Crippen LogP contribution < -0.4 is 16.4 Å². The van der Waals surface area contributed by atoms with E-state index in [4.69, 9.17) is 10.5 Å². The van der Waals surface area contributed by atoms with Crippen LogP contribution in [-0.4, -0.2) is 52.0 Å². The van der Waals surface area contributed by atoms with Gasteiger partial charge in [-0.1, -0.05) is 56.5 Å². The molecule has 0 aromatic heterocycles. The summed E-state index contributed by atoms with van der Waals surface area (Å²) in [6.07, 6.45) is 1.92. The van der Waals surface area contributed by atoms with Crippen LogP contribution in [0.25, 0.3) is 0 Å². The largest absolute Gasteiger partial charge is 0.508 e. The summed E-state index contributed by atoms with van der Waals surface area (Å²) in [7, 11) is 0. The Hall–Kier alpha value is -4.08. The summed E-state index contributed by atoms with van der Waals surface area (Å²) in [6.45, 7) is 11.0. The molecule has 0 spiro atoms. The molecular weight excluding hydrogens is 524 g/mol. The van der Waals surface area contributed by atoms with Gasteiger partial charge >= 0.3 is 6.09 Å². The van der Waals surface area contributed by atoms with Crippen molar-refractivity contribution >= 4 is 29.5 Å². The van der Waals surface area contributed by atoms with E-state index in [9.17, 15) is 24.3 Å². The lowest BCUT2D eigenvalue weighted by molar-refractivity contribution is -0.142. The van der Waals surface area contributed by atoms with Crippen molar-refractivity contribution in [2.45, 2.75) is 91.3 Å². The number of benzene rings is 2. The first-order valence-corrected chi connectivity index (χ1v) is 14.0. The number of nitrogens with two attached hydrogens (primary N) is 1. The quantitative estimate of drug-likeness (QED) is 0.253. The number of primary amides is 1. The molecule has 0 radical (unpaired) electrons. The van der Waals surface area contributed by atoms with E-state index in [-0.39, 0.29) is 12.3 Å². The lowest BCUT2D eigenvalue weighted by atomic mass is 10.00. The minimum atomic E-state index is -1.36. The number of nitrogens with one attached hydrogen (secondary N) is 2. The number of aryl methyl sites for hydroxylation is 2. The summed E-state index contributed by atoms with van der Waals surface area (Å²) >= 11 is 0. The summed E-state index contributed by atoms with van der Waals surface area (Å²) in [5.74, 6) is -1.93. The monoisotopic (exact) mass is 568 g/mol. The van der Waals surface area contributed by atoms with Gasteiger partial charge in [-0.05, 0) is 69.9 Å². The second kappa shape index (κ2) is 15.1. The first-order valence-electron chi connectivity index (χ1n) is 14.0. The standard InChI is InChI=1S/C31H44N4O6/c1-7-8-9-10-18-35(29(39)24(19-25(32)37)33-30(40)41-31(4,5)6)27(22-14-16-23(36)17-15-22)28(38)34-26-20(2)12-11-13-21(26)3/h11-17,24,27,36H,7-10,18-19H2,1-6H3,(H2,32,37)(H,33,40)(H,34,38). The maximum atomic E-state index is 14.1. The van der Waals surface area contributed by atoms with Gasteiger partial charge in [0, 0.05) is 12.2 Å². The highest BCUT2D eigenvalue weighted by Crippen LogP contribution is 2.28. The lowest BCUT2D eigenvalue weighted by Crippen LogP contribution is -2.53. The van der Waals surface area contributed by atoms with Crippen molar-refractivity contribution in [2.24, 2.45) is 5.73 Å². The van der Waals surface area contributed by atoms with E-state index < -0.39 is 47.9 Å². The molecule has 0 aliphatic carbocycles. The molecule has 0 fully saturated rings. The van der Waals surface area contributed by atoms with E-state index in [0.29, 0.717) is 17.7 Å². The zero-order chi connectivity index (χ0) is 30.7. The van der Waals surface area contributed by atoms with Gasteiger partial charge < -0.3 is 31.1 Å². The van der Waals surface area contributed by atoms with E-state index in [1.54, 1.807) is 32.9 Å². The average Bonchev–Trinajstić information content (AvgIpc) is 2.86. The topological polar surface area (TPSA) is 151 Å². The molecule has 2 aromatic carbocycles. The third-order valence-corrected chi connectivity index (χ3v) is 6.43. The maximum Gasteiger partial charge on any atom is 0.408 e. The van der Waals surface area contributed by atoms with Crippen LogP contribution in [0, 0.1) is 13.8 Å². The average molecular weight is 569 g/mol. The molecule has 10 nitrogen and oxygen atoms in total. The van der Waals surface area contributed by atoms with Gasteiger partial charge in [0.05, 0.1) is 6.42 Å². The van der Waals surface area contributed by atoms with E-state index in [1.165, 1.54) is 17.0 Å². The Balaban J connectivity index is 2.58. The summed E-state index contributed by atoms with van der Waals surface area (Å²) in [4.78, 5) is 54.1. The highest BCUT2D eigenvalue weighted by Gasteiger charge is 2.37. The number of ether oxygens (including phenoxy) is 1. The van der Waals surface area contributed by atoms with Crippen molar-refractivity contribution in [1.82, 2.24) is 10.2 Å². The van der Waals surface area contributed by atoms with E-state index in [2.05, 4.69) is 17.6 Å². The lowest BCUT2D eigenvalue weighted by Gasteiger charge is -2.34. The molecule has 0 bridgehead atoms. The van der Waals surface area contributed by atoms with Crippen LogP contribution in [0.15, 0.2) is 42.5 Å². The first-order chi connectivity index (χ1) is 19.2. The predicted octanol–water partition coefficient (Wildman–Crippen LogP) is 4.87. The number of anilines is 1.